The van der Waals surface area contributed by atoms with E-state index in [-0.39, 0.29) is 5.41 Å². The van der Waals surface area contributed by atoms with Crippen LogP contribution in [-0.2, 0) is 5.41 Å². The van der Waals surface area contributed by atoms with Gasteiger partial charge in [0.2, 0.25) is 0 Å². The number of hydrogen-bond acceptors (Lipinski definition) is 0. The molecule has 0 heterocycles. The minimum Gasteiger partial charge on any atom is -0.106 e. The molecule has 22 heavy (non-hydrogen) atoms. The average molecular weight is 276 g/mol. The van der Waals surface area contributed by atoms with Crippen molar-refractivity contribution in [2.24, 2.45) is 0 Å². The Labute approximate surface area is 131 Å². The first-order valence-corrected chi connectivity index (χ1v) is 6.94. The lowest BCUT2D eigenvalue weighted by Crippen LogP contribution is -2.17. The monoisotopic (exact) mass is 276 g/mol. The fourth-order valence-corrected chi connectivity index (χ4v) is 2.87. The zero-order valence-electron chi connectivity index (χ0n) is 12.2. The zero-order chi connectivity index (χ0) is 15.4. The molecule has 0 unspecified atom stereocenters. The van der Waals surface area contributed by atoms with Crippen molar-refractivity contribution in [3.05, 3.63) is 59.7 Å². The summed E-state index contributed by atoms with van der Waals surface area (Å²) in [6.45, 7) is 2.14. The molecular weight excluding hydrogens is 264 g/mol. The number of terminal acetylenes is 1. The Kier molecular flexibility index (Phi) is 3.47. The van der Waals surface area contributed by atoms with Gasteiger partial charge in [0.1, 0.15) is 0 Å². The highest BCUT2D eigenvalue weighted by atomic mass is 14.4. The quantitative estimate of drug-likeness (QED) is 0.645. The lowest BCUT2D eigenvalue weighted by Gasteiger charge is -2.20. The number of hydrogen-bond donors (Lipinski definition) is 0. The maximum Gasteiger partial charge on any atom is 0.0805 e. The van der Waals surface area contributed by atoms with Crippen molar-refractivity contribution in [2.45, 2.75) is 12.3 Å². The van der Waals surface area contributed by atoms with Crippen molar-refractivity contribution in [3.8, 4) is 59.0 Å². The molecule has 0 bridgehead atoms. The van der Waals surface area contributed by atoms with E-state index >= 15 is 0 Å². The molecule has 0 aliphatic heterocycles. The molecule has 0 nitrogen and oxygen atoms in total. The second-order valence-corrected chi connectivity index (χ2v) is 5.11. The molecule has 0 aromatic heterocycles. The highest BCUT2D eigenvalue weighted by Crippen LogP contribution is 2.48. The Balaban J connectivity index is 2.12. The third-order valence-corrected chi connectivity index (χ3v) is 3.86. The Morgan fingerprint density at radius 1 is 0.727 bits per heavy atom. The summed E-state index contributed by atoms with van der Waals surface area (Å²) in [4.78, 5) is 0. The van der Waals surface area contributed by atoms with Gasteiger partial charge in [-0.1, -0.05) is 54.5 Å². The Morgan fingerprint density at radius 3 is 1.82 bits per heavy atom. The van der Waals surface area contributed by atoms with E-state index in [4.69, 9.17) is 6.42 Å². The lowest BCUT2D eigenvalue weighted by atomic mass is 9.81. The van der Waals surface area contributed by atoms with Crippen LogP contribution in [0.2, 0.25) is 0 Å². The Bertz CT molecular complexity index is 918. The Morgan fingerprint density at radius 2 is 1.23 bits per heavy atom. The summed E-state index contributed by atoms with van der Waals surface area (Å²) >= 11 is 0. The van der Waals surface area contributed by atoms with Crippen LogP contribution in [0.1, 0.15) is 18.1 Å². The number of rotatable bonds is 0. The maximum absolute atomic E-state index is 5.04. The maximum atomic E-state index is 5.04. The molecule has 0 atom stereocenters. The van der Waals surface area contributed by atoms with Gasteiger partial charge in [0, 0.05) is 0 Å². The molecule has 2 aromatic rings. The van der Waals surface area contributed by atoms with Crippen molar-refractivity contribution in [1.82, 2.24) is 0 Å². The average Bonchev–Trinajstić information content (AvgIpc) is 2.82. The predicted octanol–water partition coefficient (Wildman–Crippen LogP) is 3.62. The van der Waals surface area contributed by atoms with Gasteiger partial charge in [-0.25, -0.2) is 0 Å². The summed E-state index contributed by atoms with van der Waals surface area (Å²) in [5.74, 6) is 18.9. The van der Waals surface area contributed by atoms with Gasteiger partial charge in [0.25, 0.3) is 0 Å². The summed E-state index contributed by atoms with van der Waals surface area (Å²) in [6.07, 6.45) is 5.04. The van der Waals surface area contributed by atoms with Crippen LogP contribution in [0.15, 0.2) is 48.5 Å². The highest BCUT2D eigenvalue weighted by Gasteiger charge is 2.37. The first kappa shape index (κ1) is 13.7. The lowest BCUT2D eigenvalue weighted by molar-refractivity contribution is 0.779. The van der Waals surface area contributed by atoms with E-state index in [1.807, 2.05) is 0 Å². The molecule has 0 spiro atoms. The molecule has 3 rings (SSSR count). The summed E-state index contributed by atoms with van der Waals surface area (Å²) in [5, 5.41) is 0. The minimum absolute atomic E-state index is 0.346. The molecule has 0 fully saturated rings. The van der Waals surface area contributed by atoms with Gasteiger partial charge in [-0.05, 0) is 64.7 Å². The number of benzene rings is 2. The molecule has 0 saturated heterocycles. The first-order chi connectivity index (χ1) is 10.8. The minimum atomic E-state index is -0.346. The van der Waals surface area contributed by atoms with Crippen molar-refractivity contribution in [3.63, 3.8) is 0 Å². The fraction of sp³-hybridized carbons (Fsp3) is 0.0909. The second kappa shape index (κ2) is 5.58. The third-order valence-electron chi connectivity index (χ3n) is 3.86. The van der Waals surface area contributed by atoms with E-state index in [0.717, 1.165) is 0 Å². The normalized spacial score (nSPS) is 12.0. The molecule has 0 heteroatoms. The molecule has 2 aromatic carbocycles. The molecule has 0 N–H and O–H groups in total. The van der Waals surface area contributed by atoms with Gasteiger partial charge >= 0.3 is 0 Å². The Hall–Kier alpha value is -3.32. The van der Waals surface area contributed by atoms with E-state index in [2.05, 4.69) is 96.9 Å². The van der Waals surface area contributed by atoms with Crippen LogP contribution in [0.25, 0.3) is 11.1 Å². The SMILES string of the molecule is C#CC#CC#CC#CC1(C)c2ccccc2-c2ccccc21. The van der Waals surface area contributed by atoms with Crippen LogP contribution < -0.4 is 0 Å². The molecule has 1 aliphatic carbocycles. The van der Waals surface area contributed by atoms with Crippen LogP contribution >= 0.6 is 0 Å². The second-order valence-electron chi connectivity index (χ2n) is 5.11. The molecular formula is C22H12. The third kappa shape index (κ3) is 2.15. The van der Waals surface area contributed by atoms with E-state index in [1.165, 1.54) is 22.3 Å². The van der Waals surface area contributed by atoms with Crippen molar-refractivity contribution < 1.29 is 0 Å². The van der Waals surface area contributed by atoms with Crippen molar-refractivity contribution in [1.29, 1.82) is 0 Å². The molecule has 1 aliphatic rings. The first-order valence-electron chi connectivity index (χ1n) is 6.94. The van der Waals surface area contributed by atoms with Crippen LogP contribution in [0.4, 0.5) is 0 Å². The van der Waals surface area contributed by atoms with Crippen LogP contribution in [-0.4, -0.2) is 0 Å². The van der Waals surface area contributed by atoms with Gasteiger partial charge in [-0.2, -0.15) is 0 Å². The molecule has 100 valence electrons. The van der Waals surface area contributed by atoms with E-state index < -0.39 is 0 Å². The summed E-state index contributed by atoms with van der Waals surface area (Å²) in [7, 11) is 0. The van der Waals surface area contributed by atoms with E-state index in [1.54, 1.807) is 0 Å². The van der Waals surface area contributed by atoms with Crippen LogP contribution in [0.5, 0.6) is 0 Å². The van der Waals surface area contributed by atoms with Gasteiger partial charge in [0.05, 0.1) is 5.41 Å². The summed E-state index contributed by atoms with van der Waals surface area (Å²) in [6, 6.07) is 16.8. The molecule has 0 radical (unpaired) electrons. The van der Waals surface area contributed by atoms with E-state index in [0.29, 0.717) is 0 Å². The van der Waals surface area contributed by atoms with Crippen LogP contribution in [0.3, 0.4) is 0 Å². The smallest absolute Gasteiger partial charge is 0.0805 e. The number of fused-ring (bicyclic) bond motifs is 3. The molecule has 0 saturated carbocycles. The largest absolute Gasteiger partial charge is 0.106 e. The van der Waals surface area contributed by atoms with Crippen molar-refractivity contribution in [2.75, 3.05) is 0 Å². The van der Waals surface area contributed by atoms with Gasteiger partial charge in [0.15, 0.2) is 0 Å². The fourth-order valence-electron chi connectivity index (χ4n) is 2.87. The van der Waals surface area contributed by atoms with E-state index in [9.17, 15) is 0 Å². The van der Waals surface area contributed by atoms with Crippen molar-refractivity contribution >= 4 is 0 Å². The summed E-state index contributed by atoms with van der Waals surface area (Å²) in [5.41, 5.74) is 4.59. The van der Waals surface area contributed by atoms with Gasteiger partial charge < -0.3 is 0 Å². The van der Waals surface area contributed by atoms with Gasteiger partial charge in [-0.15, -0.1) is 6.42 Å². The van der Waals surface area contributed by atoms with Gasteiger partial charge in [-0.3, -0.25) is 0 Å². The van der Waals surface area contributed by atoms with Crippen LogP contribution in [0, 0.1) is 47.9 Å². The standard InChI is InChI=1S/C22H12/c1-3-4-5-6-7-12-17-22(2)20-15-10-8-13-18(20)19-14-9-11-16-21(19)22/h1,8-11,13-16H,2H3. The topological polar surface area (TPSA) is 0 Å². The summed E-state index contributed by atoms with van der Waals surface area (Å²) < 4.78 is 0. The molecule has 0 amide bonds. The zero-order valence-corrected chi connectivity index (χ0v) is 12.2. The predicted molar refractivity (Wildman–Crippen MR) is 90.5 cm³/mol. The highest BCUT2D eigenvalue weighted by molar-refractivity contribution is 5.82.